The molecule has 156 valence electrons. The van der Waals surface area contributed by atoms with Crippen LogP contribution in [0, 0.1) is 0 Å². The number of carbonyl (C=O) groups is 3. The number of thioether (sulfide) groups is 1. The largest absolute Gasteiger partial charge is 0.463 e. The Morgan fingerprint density at radius 2 is 1.60 bits per heavy atom. The Kier molecular flexibility index (Phi) is 7.68. The van der Waals surface area contributed by atoms with E-state index in [9.17, 15) is 14.4 Å². The van der Waals surface area contributed by atoms with Crippen LogP contribution in [0.15, 0.2) is 71.8 Å². The zero-order valence-electron chi connectivity index (χ0n) is 16.8. The molecule has 0 bridgehead atoms. The Morgan fingerprint density at radius 1 is 1.03 bits per heavy atom. The van der Waals surface area contributed by atoms with Crippen molar-refractivity contribution in [2.75, 3.05) is 18.9 Å². The first kappa shape index (κ1) is 21.6. The molecule has 1 heterocycles. The molecule has 0 saturated carbocycles. The fourth-order valence-electron chi connectivity index (χ4n) is 3.06. The number of esters is 1. The minimum atomic E-state index is -0.516. The van der Waals surface area contributed by atoms with Crippen molar-refractivity contribution in [3.63, 3.8) is 0 Å². The normalized spacial score (nSPS) is 14.8. The van der Waals surface area contributed by atoms with E-state index in [1.807, 2.05) is 60.7 Å². The van der Waals surface area contributed by atoms with Gasteiger partial charge in [-0.3, -0.25) is 14.5 Å². The number of hydrogen-bond donors (Lipinski definition) is 0. The standard InChI is InChI=1S/C23H24N2O4S/c1-2-29-23(28)13-22-25(21(27)17-30-22)16-20(26)24(14-18-9-5-3-6-10-18)15-19-11-7-4-8-12-19/h3-13H,2,14-17H2,1H3/b22-13-. The lowest BCUT2D eigenvalue weighted by Crippen LogP contribution is -2.40. The molecule has 0 radical (unpaired) electrons. The number of rotatable bonds is 8. The van der Waals surface area contributed by atoms with Crippen LogP contribution in [-0.4, -0.2) is 46.5 Å². The van der Waals surface area contributed by atoms with Crippen LogP contribution in [-0.2, 0) is 32.2 Å². The fraction of sp³-hybridized carbons (Fsp3) is 0.261. The lowest BCUT2D eigenvalue weighted by atomic mass is 10.1. The van der Waals surface area contributed by atoms with E-state index in [4.69, 9.17) is 4.74 Å². The van der Waals surface area contributed by atoms with E-state index in [2.05, 4.69) is 0 Å². The second-order valence-corrected chi connectivity index (χ2v) is 7.72. The van der Waals surface area contributed by atoms with Gasteiger partial charge in [-0.2, -0.15) is 0 Å². The van der Waals surface area contributed by atoms with Gasteiger partial charge in [0.2, 0.25) is 11.8 Å². The van der Waals surface area contributed by atoms with Gasteiger partial charge in [0.25, 0.3) is 0 Å². The van der Waals surface area contributed by atoms with Gasteiger partial charge in [0.15, 0.2) is 0 Å². The third kappa shape index (κ3) is 5.97. The summed E-state index contributed by atoms with van der Waals surface area (Å²) in [4.78, 5) is 40.4. The van der Waals surface area contributed by atoms with Gasteiger partial charge in [0.1, 0.15) is 6.54 Å². The molecule has 0 aliphatic carbocycles. The minimum Gasteiger partial charge on any atom is -0.463 e. The van der Waals surface area contributed by atoms with Gasteiger partial charge >= 0.3 is 5.97 Å². The molecule has 0 unspecified atom stereocenters. The molecule has 0 atom stereocenters. The van der Waals surface area contributed by atoms with E-state index in [0.29, 0.717) is 18.1 Å². The van der Waals surface area contributed by atoms with Crippen LogP contribution in [0.4, 0.5) is 0 Å². The van der Waals surface area contributed by atoms with Gasteiger partial charge in [-0.1, -0.05) is 72.4 Å². The van der Waals surface area contributed by atoms with Gasteiger partial charge in [0, 0.05) is 13.1 Å². The van der Waals surface area contributed by atoms with E-state index in [0.717, 1.165) is 11.1 Å². The van der Waals surface area contributed by atoms with Crippen LogP contribution < -0.4 is 0 Å². The molecule has 7 heteroatoms. The maximum atomic E-state index is 13.2. The zero-order chi connectivity index (χ0) is 21.3. The first-order valence-corrected chi connectivity index (χ1v) is 10.7. The van der Waals surface area contributed by atoms with Crippen LogP contribution in [0.25, 0.3) is 0 Å². The zero-order valence-corrected chi connectivity index (χ0v) is 17.6. The second kappa shape index (κ2) is 10.6. The second-order valence-electron chi connectivity index (χ2n) is 6.72. The maximum absolute atomic E-state index is 13.2. The molecule has 2 aromatic carbocycles. The van der Waals surface area contributed by atoms with Gasteiger partial charge in [-0.25, -0.2) is 4.79 Å². The highest BCUT2D eigenvalue weighted by atomic mass is 32.2. The van der Waals surface area contributed by atoms with Crippen molar-refractivity contribution >= 4 is 29.5 Å². The number of benzene rings is 2. The van der Waals surface area contributed by atoms with Crippen molar-refractivity contribution in [1.82, 2.24) is 9.80 Å². The Hall–Kier alpha value is -3.06. The summed E-state index contributed by atoms with van der Waals surface area (Å²) in [7, 11) is 0. The van der Waals surface area contributed by atoms with Crippen molar-refractivity contribution in [2.45, 2.75) is 20.0 Å². The van der Waals surface area contributed by atoms with Crippen LogP contribution in [0.2, 0.25) is 0 Å². The molecule has 30 heavy (non-hydrogen) atoms. The van der Waals surface area contributed by atoms with Crippen molar-refractivity contribution in [3.05, 3.63) is 82.9 Å². The number of nitrogens with zero attached hydrogens (tertiary/aromatic N) is 2. The van der Waals surface area contributed by atoms with Gasteiger partial charge in [0.05, 0.1) is 23.5 Å². The smallest absolute Gasteiger partial charge is 0.333 e. The average molecular weight is 425 g/mol. The molecule has 3 rings (SSSR count). The summed E-state index contributed by atoms with van der Waals surface area (Å²) in [5.41, 5.74) is 2.01. The summed E-state index contributed by atoms with van der Waals surface area (Å²) in [5.74, 6) is -0.690. The summed E-state index contributed by atoms with van der Waals surface area (Å²) < 4.78 is 4.94. The highest BCUT2D eigenvalue weighted by molar-refractivity contribution is 8.04. The summed E-state index contributed by atoms with van der Waals surface area (Å²) in [6.07, 6.45) is 1.28. The molecule has 1 fully saturated rings. The van der Waals surface area contributed by atoms with Crippen molar-refractivity contribution in [3.8, 4) is 0 Å². The number of amides is 2. The number of hydrogen-bond acceptors (Lipinski definition) is 5. The first-order valence-electron chi connectivity index (χ1n) is 9.74. The quantitative estimate of drug-likeness (QED) is 0.481. The Labute approximate surface area is 180 Å². The Balaban J connectivity index is 1.77. The molecule has 2 amide bonds. The fourth-order valence-corrected chi connectivity index (χ4v) is 3.99. The molecule has 0 aromatic heterocycles. The highest BCUT2D eigenvalue weighted by Gasteiger charge is 2.30. The van der Waals surface area contributed by atoms with Crippen molar-refractivity contribution < 1.29 is 19.1 Å². The van der Waals surface area contributed by atoms with Crippen LogP contribution >= 0.6 is 11.8 Å². The van der Waals surface area contributed by atoms with Gasteiger partial charge in [-0.15, -0.1) is 0 Å². The summed E-state index contributed by atoms with van der Waals surface area (Å²) in [6.45, 7) is 2.72. The van der Waals surface area contributed by atoms with Crippen LogP contribution in [0.3, 0.4) is 0 Å². The molecule has 6 nitrogen and oxygen atoms in total. The van der Waals surface area contributed by atoms with E-state index in [1.165, 1.54) is 22.7 Å². The van der Waals surface area contributed by atoms with E-state index >= 15 is 0 Å². The van der Waals surface area contributed by atoms with E-state index < -0.39 is 5.97 Å². The Morgan fingerprint density at radius 3 is 2.13 bits per heavy atom. The lowest BCUT2D eigenvalue weighted by Gasteiger charge is -2.26. The average Bonchev–Trinajstić information content (AvgIpc) is 3.08. The maximum Gasteiger partial charge on any atom is 0.333 e. The molecule has 0 spiro atoms. The molecule has 1 saturated heterocycles. The topological polar surface area (TPSA) is 66.9 Å². The van der Waals surface area contributed by atoms with E-state index in [1.54, 1.807) is 11.8 Å². The third-order valence-electron chi connectivity index (χ3n) is 4.52. The van der Waals surface area contributed by atoms with Gasteiger partial charge < -0.3 is 9.64 Å². The first-order chi connectivity index (χ1) is 14.6. The summed E-state index contributed by atoms with van der Waals surface area (Å²) in [6, 6.07) is 19.5. The molecule has 1 aliphatic heterocycles. The molecular weight excluding hydrogens is 400 g/mol. The molecule has 2 aromatic rings. The van der Waals surface area contributed by atoms with Crippen LogP contribution in [0.5, 0.6) is 0 Å². The lowest BCUT2D eigenvalue weighted by molar-refractivity contribution is -0.139. The van der Waals surface area contributed by atoms with Crippen molar-refractivity contribution in [2.24, 2.45) is 0 Å². The SMILES string of the molecule is CCOC(=O)/C=C1\SCC(=O)N1CC(=O)N(Cc1ccccc1)Cc1ccccc1. The highest BCUT2D eigenvalue weighted by Crippen LogP contribution is 2.29. The number of carbonyl (C=O) groups excluding carboxylic acids is 3. The molecule has 0 N–H and O–H groups in total. The predicted molar refractivity (Wildman–Crippen MR) is 116 cm³/mol. The van der Waals surface area contributed by atoms with Crippen molar-refractivity contribution in [1.29, 1.82) is 0 Å². The summed E-state index contributed by atoms with van der Waals surface area (Å²) in [5, 5.41) is 0.450. The summed E-state index contributed by atoms with van der Waals surface area (Å²) >= 11 is 1.24. The predicted octanol–water partition coefficient (Wildman–Crippen LogP) is 3.20. The van der Waals surface area contributed by atoms with E-state index in [-0.39, 0.29) is 30.7 Å². The Bertz CT molecular complexity index is 874. The molecule has 1 aliphatic rings. The third-order valence-corrected chi connectivity index (χ3v) is 5.54. The number of ether oxygens (including phenoxy) is 1. The molecular formula is C23H24N2O4S. The van der Waals surface area contributed by atoms with Gasteiger partial charge in [-0.05, 0) is 18.1 Å². The van der Waals surface area contributed by atoms with Crippen LogP contribution in [0.1, 0.15) is 18.1 Å². The minimum absolute atomic E-state index is 0.114. The monoisotopic (exact) mass is 424 g/mol.